The molecular formula is C9H17N3O3S. The minimum absolute atomic E-state index is 0.140. The molecule has 0 saturated heterocycles. The molecule has 1 N–H and O–H groups in total. The number of nitrogens with one attached hydrogen (secondary N) is 1. The van der Waals surface area contributed by atoms with Crippen LogP contribution in [0.5, 0.6) is 0 Å². The maximum Gasteiger partial charge on any atom is 0.237 e. The van der Waals surface area contributed by atoms with Gasteiger partial charge in [-0.05, 0) is 20.9 Å². The summed E-state index contributed by atoms with van der Waals surface area (Å²) in [6.07, 6.45) is 1.74. The third-order valence-electron chi connectivity index (χ3n) is 2.50. The van der Waals surface area contributed by atoms with E-state index < -0.39 is 14.6 Å². The summed E-state index contributed by atoms with van der Waals surface area (Å²) in [7, 11) is -1.46. The van der Waals surface area contributed by atoms with Crippen LogP contribution in [0.3, 0.4) is 0 Å². The molecule has 0 aromatic carbocycles. The first-order valence-electron chi connectivity index (χ1n) is 4.96. The molecule has 0 radical (unpaired) electrons. The van der Waals surface area contributed by atoms with Crippen molar-refractivity contribution >= 4 is 9.84 Å². The van der Waals surface area contributed by atoms with Gasteiger partial charge in [0.25, 0.3) is 0 Å². The highest BCUT2D eigenvalue weighted by Gasteiger charge is 2.37. The minimum Gasteiger partial charge on any atom is -0.424 e. The maximum atomic E-state index is 11.5. The average Bonchev–Trinajstić information content (AvgIpc) is 2.61. The molecule has 0 aliphatic carbocycles. The van der Waals surface area contributed by atoms with E-state index in [0.717, 1.165) is 6.26 Å². The standard InChI is InChI=1S/C9H17N3O3S/c1-9(2,16(4,13)14)8-12-11-7(15-8)5-6-10-3/h10H,5-6H2,1-4H3. The van der Waals surface area contributed by atoms with Crippen molar-refractivity contribution in [3.05, 3.63) is 11.8 Å². The van der Waals surface area contributed by atoms with Gasteiger partial charge in [-0.3, -0.25) is 0 Å². The van der Waals surface area contributed by atoms with E-state index in [1.165, 1.54) is 0 Å². The number of hydrogen-bond donors (Lipinski definition) is 1. The highest BCUT2D eigenvalue weighted by atomic mass is 32.2. The summed E-state index contributed by atoms with van der Waals surface area (Å²) in [6.45, 7) is 3.82. The van der Waals surface area contributed by atoms with E-state index >= 15 is 0 Å². The lowest BCUT2D eigenvalue weighted by molar-refractivity contribution is 0.404. The summed E-state index contributed by atoms with van der Waals surface area (Å²) in [5, 5.41) is 10.5. The van der Waals surface area contributed by atoms with Crippen LogP contribution in [0.25, 0.3) is 0 Å². The highest BCUT2D eigenvalue weighted by molar-refractivity contribution is 7.91. The van der Waals surface area contributed by atoms with Crippen LogP contribution in [-0.4, -0.2) is 38.5 Å². The van der Waals surface area contributed by atoms with Crippen LogP contribution in [0.2, 0.25) is 0 Å². The quantitative estimate of drug-likeness (QED) is 0.795. The molecule has 1 aromatic rings. The Morgan fingerprint density at radius 2 is 2.00 bits per heavy atom. The van der Waals surface area contributed by atoms with Crippen LogP contribution in [0.1, 0.15) is 25.6 Å². The van der Waals surface area contributed by atoms with Gasteiger partial charge in [0, 0.05) is 19.2 Å². The Kier molecular flexibility index (Phi) is 3.69. The van der Waals surface area contributed by atoms with Crippen LogP contribution in [-0.2, 0) is 21.0 Å². The molecule has 1 aromatic heterocycles. The van der Waals surface area contributed by atoms with Crippen LogP contribution in [0.15, 0.2) is 4.42 Å². The van der Waals surface area contributed by atoms with Gasteiger partial charge in [-0.2, -0.15) is 0 Å². The molecule has 1 rings (SSSR count). The van der Waals surface area contributed by atoms with Crippen LogP contribution < -0.4 is 5.32 Å². The Morgan fingerprint density at radius 1 is 1.38 bits per heavy atom. The molecule has 0 amide bonds. The third kappa shape index (κ3) is 2.59. The van der Waals surface area contributed by atoms with Gasteiger partial charge in [0.15, 0.2) is 9.84 Å². The van der Waals surface area contributed by atoms with Gasteiger partial charge in [-0.15, -0.1) is 10.2 Å². The third-order valence-corrected chi connectivity index (χ3v) is 4.53. The molecule has 0 spiro atoms. The fourth-order valence-corrected chi connectivity index (χ4v) is 1.39. The van der Waals surface area contributed by atoms with E-state index in [1.807, 2.05) is 7.05 Å². The molecule has 0 fully saturated rings. The zero-order chi connectivity index (χ0) is 12.4. The van der Waals surface area contributed by atoms with Gasteiger partial charge >= 0.3 is 0 Å². The molecule has 0 aliphatic rings. The van der Waals surface area contributed by atoms with Crippen molar-refractivity contribution in [2.45, 2.75) is 25.0 Å². The number of aromatic nitrogens is 2. The number of likely N-dealkylation sites (N-methyl/N-ethyl adjacent to an activating group) is 1. The van der Waals surface area contributed by atoms with Crippen molar-refractivity contribution in [3.63, 3.8) is 0 Å². The van der Waals surface area contributed by atoms with Gasteiger partial charge in [-0.1, -0.05) is 0 Å². The SMILES string of the molecule is CNCCc1nnc(C(C)(C)S(C)(=O)=O)o1. The molecule has 6 nitrogen and oxygen atoms in total. The predicted octanol–water partition coefficient (Wildman–Crippen LogP) is 0.111. The fraction of sp³-hybridized carbons (Fsp3) is 0.778. The van der Waals surface area contributed by atoms with E-state index in [2.05, 4.69) is 15.5 Å². The number of nitrogens with zero attached hydrogens (tertiary/aromatic N) is 2. The zero-order valence-corrected chi connectivity index (χ0v) is 10.8. The Labute approximate surface area is 95.4 Å². The number of hydrogen-bond acceptors (Lipinski definition) is 6. The number of rotatable bonds is 5. The first kappa shape index (κ1) is 13.1. The topological polar surface area (TPSA) is 85.1 Å². The minimum atomic E-state index is -3.27. The second-order valence-corrected chi connectivity index (χ2v) is 6.70. The highest BCUT2D eigenvalue weighted by Crippen LogP contribution is 2.27. The summed E-state index contributed by atoms with van der Waals surface area (Å²) < 4.78 is 27.3. The molecule has 7 heteroatoms. The van der Waals surface area contributed by atoms with Gasteiger partial charge in [0.2, 0.25) is 11.8 Å². The molecule has 0 atom stereocenters. The molecule has 0 saturated carbocycles. The smallest absolute Gasteiger partial charge is 0.237 e. The molecule has 0 bridgehead atoms. The normalized spacial score (nSPS) is 13.0. The fourth-order valence-electron chi connectivity index (χ4n) is 0.988. The van der Waals surface area contributed by atoms with Crippen LogP contribution >= 0.6 is 0 Å². The van der Waals surface area contributed by atoms with E-state index in [-0.39, 0.29) is 5.89 Å². The summed E-state index contributed by atoms with van der Waals surface area (Å²) in [6, 6.07) is 0. The van der Waals surface area contributed by atoms with Gasteiger partial charge in [-0.25, -0.2) is 8.42 Å². The van der Waals surface area contributed by atoms with Crippen molar-refractivity contribution < 1.29 is 12.8 Å². The molecule has 92 valence electrons. The largest absolute Gasteiger partial charge is 0.424 e. The van der Waals surface area contributed by atoms with Gasteiger partial charge in [0.1, 0.15) is 4.75 Å². The predicted molar refractivity (Wildman–Crippen MR) is 59.8 cm³/mol. The first-order chi connectivity index (χ1) is 7.29. The van der Waals surface area contributed by atoms with Gasteiger partial charge < -0.3 is 9.73 Å². The number of sulfone groups is 1. The average molecular weight is 247 g/mol. The Morgan fingerprint density at radius 3 is 2.50 bits per heavy atom. The van der Waals surface area contributed by atoms with Crippen molar-refractivity contribution in [3.8, 4) is 0 Å². The lowest BCUT2D eigenvalue weighted by Gasteiger charge is -2.16. The molecular weight excluding hydrogens is 230 g/mol. The first-order valence-corrected chi connectivity index (χ1v) is 6.85. The van der Waals surface area contributed by atoms with E-state index in [0.29, 0.717) is 18.9 Å². The molecule has 0 aliphatic heterocycles. The summed E-state index contributed by atoms with van der Waals surface area (Å²) in [4.78, 5) is 0. The summed E-state index contributed by atoms with van der Waals surface area (Å²) in [5.74, 6) is 0.585. The van der Waals surface area contributed by atoms with Crippen LogP contribution in [0, 0.1) is 0 Å². The van der Waals surface area contributed by atoms with E-state index in [9.17, 15) is 8.42 Å². The Hall–Kier alpha value is -0.950. The Bertz CT molecular complexity index is 450. The summed E-state index contributed by atoms with van der Waals surface area (Å²) >= 11 is 0. The van der Waals surface area contributed by atoms with Crippen molar-refractivity contribution in [2.75, 3.05) is 19.8 Å². The van der Waals surface area contributed by atoms with Crippen LogP contribution in [0.4, 0.5) is 0 Å². The molecule has 16 heavy (non-hydrogen) atoms. The Balaban J connectivity index is 2.94. The second-order valence-electron chi connectivity index (χ2n) is 4.14. The molecule has 0 unspecified atom stereocenters. The maximum absolute atomic E-state index is 11.5. The van der Waals surface area contributed by atoms with Crippen molar-refractivity contribution in [1.82, 2.24) is 15.5 Å². The van der Waals surface area contributed by atoms with Gasteiger partial charge in [0.05, 0.1) is 0 Å². The monoisotopic (exact) mass is 247 g/mol. The summed E-state index contributed by atoms with van der Waals surface area (Å²) in [5.41, 5.74) is 0. The lowest BCUT2D eigenvalue weighted by Crippen LogP contribution is -2.28. The van der Waals surface area contributed by atoms with Crippen molar-refractivity contribution in [1.29, 1.82) is 0 Å². The second kappa shape index (κ2) is 4.50. The lowest BCUT2D eigenvalue weighted by atomic mass is 10.2. The van der Waals surface area contributed by atoms with E-state index in [4.69, 9.17) is 4.42 Å². The zero-order valence-electron chi connectivity index (χ0n) is 9.94. The van der Waals surface area contributed by atoms with Crippen molar-refractivity contribution in [2.24, 2.45) is 0 Å². The molecule has 1 heterocycles. The van der Waals surface area contributed by atoms with E-state index in [1.54, 1.807) is 13.8 Å².